The second-order valence-corrected chi connectivity index (χ2v) is 5.92. The molecule has 2 heterocycles. The lowest BCUT2D eigenvalue weighted by Crippen LogP contribution is -2.24. The van der Waals surface area contributed by atoms with E-state index < -0.39 is 6.10 Å². The minimum atomic E-state index is -0.417. The summed E-state index contributed by atoms with van der Waals surface area (Å²) in [4.78, 5) is 6.60. The molecule has 112 valence electrons. The van der Waals surface area contributed by atoms with Crippen LogP contribution in [0, 0.1) is 0 Å². The van der Waals surface area contributed by atoms with Gasteiger partial charge in [0.15, 0.2) is 0 Å². The van der Waals surface area contributed by atoms with Gasteiger partial charge in [-0.05, 0) is 36.5 Å². The number of aryl methyl sites for hydroxylation is 3. The molecule has 0 saturated heterocycles. The normalized spacial score (nSPS) is 15.9. The van der Waals surface area contributed by atoms with Crippen LogP contribution in [0.15, 0.2) is 30.6 Å². The van der Waals surface area contributed by atoms with Gasteiger partial charge in [-0.2, -0.15) is 0 Å². The number of aliphatic hydroxyl groups excluding tert-OH is 1. The fourth-order valence-electron chi connectivity index (χ4n) is 3.08. The van der Waals surface area contributed by atoms with Crippen LogP contribution in [-0.2, 0) is 19.9 Å². The number of hydrogen-bond acceptors (Lipinski definition) is 3. The lowest BCUT2D eigenvalue weighted by molar-refractivity contribution is 0.166. The second kappa shape index (κ2) is 5.90. The minimum absolute atomic E-state index is 0.417. The molecular formula is C17H23N3O. The van der Waals surface area contributed by atoms with E-state index in [1.54, 1.807) is 6.20 Å². The van der Waals surface area contributed by atoms with Crippen LogP contribution >= 0.6 is 0 Å². The van der Waals surface area contributed by atoms with E-state index in [1.165, 1.54) is 17.7 Å². The Morgan fingerprint density at radius 2 is 2.19 bits per heavy atom. The summed E-state index contributed by atoms with van der Waals surface area (Å²) in [5, 5.41) is 10.4. The van der Waals surface area contributed by atoms with Gasteiger partial charge < -0.3 is 14.6 Å². The number of rotatable bonds is 4. The molecule has 1 atom stereocenters. The summed E-state index contributed by atoms with van der Waals surface area (Å²) in [6.45, 7) is 1.12. The molecule has 0 saturated carbocycles. The molecule has 2 aromatic rings. The van der Waals surface area contributed by atoms with E-state index in [9.17, 15) is 5.11 Å². The standard InChI is InChI=1S/C17H23N3O/c1-19-10-3-4-13-12-14(5-6-15(13)19)16(21)7-8-17-18-9-11-20(17)2/h5-6,9,11-12,16,21H,3-4,7-8,10H2,1-2H3. The minimum Gasteiger partial charge on any atom is -0.388 e. The number of hydrogen-bond donors (Lipinski definition) is 1. The predicted octanol–water partition coefficient (Wildman–Crippen LogP) is 2.47. The van der Waals surface area contributed by atoms with Gasteiger partial charge in [0, 0.05) is 45.1 Å². The number of fused-ring (bicyclic) bond motifs is 1. The molecule has 1 aliphatic heterocycles. The highest BCUT2D eigenvalue weighted by molar-refractivity contribution is 5.56. The number of imidazole rings is 1. The maximum absolute atomic E-state index is 10.4. The van der Waals surface area contributed by atoms with Crippen molar-refractivity contribution in [1.82, 2.24) is 9.55 Å². The van der Waals surface area contributed by atoms with Crippen molar-refractivity contribution in [3.63, 3.8) is 0 Å². The van der Waals surface area contributed by atoms with Crippen molar-refractivity contribution < 1.29 is 5.11 Å². The Hall–Kier alpha value is -1.81. The van der Waals surface area contributed by atoms with Crippen molar-refractivity contribution in [3.8, 4) is 0 Å². The molecule has 4 nitrogen and oxygen atoms in total. The van der Waals surface area contributed by atoms with Gasteiger partial charge >= 0.3 is 0 Å². The Balaban J connectivity index is 1.70. The monoisotopic (exact) mass is 285 g/mol. The van der Waals surface area contributed by atoms with E-state index >= 15 is 0 Å². The molecule has 0 spiro atoms. The quantitative estimate of drug-likeness (QED) is 0.938. The van der Waals surface area contributed by atoms with Crippen LogP contribution in [0.3, 0.4) is 0 Å². The van der Waals surface area contributed by atoms with E-state index in [0.717, 1.165) is 30.8 Å². The summed E-state index contributed by atoms with van der Waals surface area (Å²) in [6.07, 6.45) is 7.13. The summed E-state index contributed by atoms with van der Waals surface area (Å²) >= 11 is 0. The summed E-state index contributed by atoms with van der Waals surface area (Å²) in [6, 6.07) is 6.38. The lowest BCUT2D eigenvalue weighted by atomic mass is 9.96. The van der Waals surface area contributed by atoms with Gasteiger partial charge in [-0.3, -0.25) is 0 Å². The van der Waals surface area contributed by atoms with Gasteiger partial charge in [0.05, 0.1) is 6.10 Å². The Kier molecular flexibility index (Phi) is 3.97. The highest BCUT2D eigenvalue weighted by atomic mass is 16.3. The van der Waals surface area contributed by atoms with Crippen molar-refractivity contribution >= 4 is 5.69 Å². The third kappa shape index (κ3) is 2.95. The van der Waals surface area contributed by atoms with Crippen LogP contribution in [0.2, 0.25) is 0 Å². The zero-order valence-electron chi connectivity index (χ0n) is 12.8. The van der Waals surface area contributed by atoms with E-state index in [2.05, 4.69) is 35.1 Å². The molecule has 1 aromatic carbocycles. The zero-order chi connectivity index (χ0) is 14.8. The van der Waals surface area contributed by atoms with Crippen LogP contribution in [0.25, 0.3) is 0 Å². The van der Waals surface area contributed by atoms with Crippen LogP contribution in [0.5, 0.6) is 0 Å². The number of aliphatic hydroxyl groups is 1. The SMILES string of the molecule is CN1CCCc2cc(C(O)CCc3nccn3C)ccc21. The Morgan fingerprint density at radius 3 is 2.95 bits per heavy atom. The van der Waals surface area contributed by atoms with Gasteiger partial charge in [-0.15, -0.1) is 0 Å². The maximum atomic E-state index is 10.4. The van der Waals surface area contributed by atoms with E-state index in [0.29, 0.717) is 6.42 Å². The summed E-state index contributed by atoms with van der Waals surface area (Å²) < 4.78 is 2.01. The van der Waals surface area contributed by atoms with Crippen LogP contribution < -0.4 is 4.90 Å². The van der Waals surface area contributed by atoms with Crippen molar-refractivity contribution in [1.29, 1.82) is 0 Å². The molecule has 0 aliphatic carbocycles. The molecule has 3 rings (SSSR count). The van der Waals surface area contributed by atoms with Crippen LogP contribution in [0.1, 0.15) is 35.9 Å². The van der Waals surface area contributed by atoms with Gasteiger partial charge in [0.25, 0.3) is 0 Å². The number of anilines is 1. The molecule has 0 fully saturated rings. The average Bonchev–Trinajstić information content (AvgIpc) is 2.90. The first-order valence-corrected chi connectivity index (χ1v) is 7.63. The highest BCUT2D eigenvalue weighted by Gasteiger charge is 2.16. The molecule has 0 amide bonds. The summed E-state index contributed by atoms with van der Waals surface area (Å²) in [5.41, 5.74) is 3.69. The fraction of sp³-hybridized carbons (Fsp3) is 0.471. The molecule has 1 unspecified atom stereocenters. The third-order valence-electron chi connectivity index (χ3n) is 4.40. The molecule has 0 bridgehead atoms. The van der Waals surface area contributed by atoms with Crippen molar-refractivity contribution in [2.75, 3.05) is 18.5 Å². The molecule has 21 heavy (non-hydrogen) atoms. The largest absolute Gasteiger partial charge is 0.388 e. The number of aromatic nitrogens is 2. The predicted molar refractivity (Wildman–Crippen MR) is 84.5 cm³/mol. The van der Waals surface area contributed by atoms with Crippen LogP contribution in [0.4, 0.5) is 5.69 Å². The Labute approximate surface area is 126 Å². The van der Waals surface area contributed by atoms with Gasteiger partial charge in [0.1, 0.15) is 5.82 Å². The van der Waals surface area contributed by atoms with Crippen molar-refractivity contribution in [2.24, 2.45) is 7.05 Å². The molecule has 0 radical (unpaired) electrons. The van der Waals surface area contributed by atoms with Gasteiger partial charge in [-0.1, -0.05) is 12.1 Å². The molecule has 1 aliphatic rings. The molecular weight excluding hydrogens is 262 g/mol. The third-order valence-corrected chi connectivity index (χ3v) is 4.40. The van der Waals surface area contributed by atoms with Gasteiger partial charge in [0.2, 0.25) is 0 Å². The first-order chi connectivity index (χ1) is 10.1. The highest BCUT2D eigenvalue weighted by Crippen LogP contribution is 2.29. The van der Waals surface area contributed by atoms with E-state index in [-0.39, 0.29) is 0 Å². The lowest BCUT2D eigenvalue weighted by Gasteiger charge is -2.28. The first-order valence-electron chi connectivity index (χ1n) is 7.63. The van der Waals surface area contributed by atoms with Crippen molar-refractivity contribution in [3.05, 3.63) is 47.5 Å². The Bertz CT molecular complexity index is 620. The smallest absolute Gasteiger partial charge is 0.108 e. The maximum Gasteiger partial charge on any atom is 0.108 e. The Morgan fingerprint density at radius 1 is 1.33 bits per heavy atom. The summed E-state index contributed by atoms with van der Waals surface area (Å²) in [5.74, 6) is 1.02. The second-order valence-electron chi connectivity index (χ2n) is 5.92. The van der Waals surface area contributed by atoms with Crippen molar-refractivity contribution in [2.45, 2.75) is 31.8 Å². The molecule has 1 N–H and O–H groups in total. The first kappa shape index (κ1) is 14.1. The van der Waals surface area contributed by atoms with E-state index in [4.69, 9.17) is 0 Å². The van der Waals surface area contributed by atoms with E-state index in [1.807, 2.05) is 17.8 Å². The molecule has 1 aromatic heterocycles. The average molecular weight is 285 g/mol. The topological polar surface area (TPSA) is 41.3 Å². The van der Waals surface area contributed by atoms with Gasteiger partial charge in [-0.25, -0.2) is 4.98 Å². The molecule has 4 heteroatoms. The summed E-state index contributed by atoms with van der Waals surface area (Å²) in [7, 11) is 4.12. The number of benzene rings is 1. The van der Waals surface area contributed by atoms with Crippen LogP contribution in [-0.4, -0.2) is 28.3 Å². The zero-order valence-corrected chi connectivity index (χ0v) is 12.8. The number of nitrogens with zero attached hydrogens (tertiary/aromatic N) is 3. The fourth-order valence-corrected chi connectivity index (χ4v) is 3.08.